The number of rotatable bonds is 6. The van der Waals surface area contributed by atoms with Crippen LogP contribution in [0.3, 0.4) is 0 Å². The summed E-state index contributed by atoms with van der Waals surface area (Å²) in [6.45, 7) is 1.35. The fraction of sp³-hybridized carbons (Fsp3) is 0.389. The highest BCUT2D eigenvalue weighted by atomic mass is 32.2. The van der Waals surface area contributed by atoms with Gasteiger partial charge in [0.2, 0.25) is 15.9 Å². The van der Waals surface area contributed by atoms with E-state index in [1.807, 2.05) is 17.5 Å². The lowest BCUT2D eigenvalue weighted by Crippen LogP contribution is -2.36. The maximum absolute atomic E-state index is 13.3. The zero-order chi connectivity index (χ0) is 18.1. The summed E-state index contributed by atoms with van der Waals surface area (Å²) in [4.78, 5) is 12.8. The first-order chi connectivity index (χ1) is 12.5. The van der Waals surface area contributed by atoms with Crippen molar-refractivity contribution in [2.75, 3.05) is 18.5 Å². The molecule has 2 aromatic rings. The van der Waals surface area contributed by atoms with Crippen molar-refractivity contribution in [1.29, 1.82) is 0 Å². The van der Waals surface area contributed by atoms with Gasteiger partial charge in [-0.2, -0.15) is 4.31 Å². The van der Waals surface area contributed by atoms with Gasteiger partial charge in [-0.25, -0.2) is 8.42 Å². The molecule has 1 aromatic carbocycles. The van der Waals surface area contributed by atoms with Crippen LogP contribution in [0.25, 0.3) is 0 Å². The van der Waals surface area contributed by atoms with Crippen LogP contribution in [-0.2, 0) is 32.5 Å². The number of anilines is 1. The fourth-order valence-corrected chi connectivity index (χ4v) is 5.66. The molecule has 0 radical (unpaired) electrons. The Kier molecular flexibility index (Phi) is 4.83. The van der Waals surface area contributed by atoms with Crippen molar-refractivity contribution in [3.63, 3.8) is 0 Å². The minimum atomic E-state index is -3.68. The molecule has 138 valence electrons. The van der Waals surface area contributed by atoms with Crippen LogP contribution in [0.5, 0.6) is 0 Å². The largest absolute Gasteiger partial charge is 0.377 e. The molecule has 1 aromatic heterocycles. The smallest absolute Gasteiger partial charge is 0.243 e. The van der Waals surface area contributed by atoms with Crippen LogP contribution >= 0.6 is 11.3 Å². The van der Waals surface area contributed by atoms with Crippen molar-refractivity contribution in [1.82, 2.24) is 4.31 Å². The molecule has 0 saturated carbocycles. The van der Waals surface area contributed by atoms with Crippen LogP contribution in [0, 0.1) is 0 Å². The molecule has 1 fully saturated rings. The standard InChI is InChI=1S/C18H20N2O4S2/c21-18-10-13-9-16(5-6-17(13)19-18)26(22,23)20(11-14-3-1-7-24-14)12-15-4-2-8-25-15/h2,4-6,8-9,14H,1,3,7,10-12H2,(H,19,21). The normalized spacial score (nSPS) is 19.7. The minimum absolute atomic E-state index is 0.0672. The summed E-state index contributed by atoms with van der Waals surface area (Å²) in [6.07, 6.45) is 1.99. The fourth-order valence-electron chi connectivity index (χ4n) is 3.35. The number of ether oxygens (including phenoxy) is 1. The van der Waals surface area contributed by atoms with Crippen LogP contribution in [0.1, 0.15) is 23.3 Å². The van der Waals surface area contributed by atoms with Gasteiger partial charge in [0, 0.05) is 30.3 Å². The molecule has 8 heteroatoms. The molecule has 0 bridgehead atoms. The summed E-state index contributed by atoms with van der Waals surface area (Å²) in [7, 11) is -3.68. The number of fused-ring (bicyclic) bond motifs is 1. The molecule has 1 unspecified atom stereocenters. The quantitative estimate of drug-likeness (QED) is 0.820. The molecule has 1 amide bonds. The lowest BCUT2D eigenvalue weighted by atomic mass is 10.2. The van der Waals surface area contributed by atoms with Gasteiger partial charge in [0.15, 0.2) is 0 Å². The van der Waals surface area contributed by atoms with Crippen molar-refractivity contribution in [2.45, 2.75) is 36.8 Å². The third kappa shape index (κ3) is 3.55. The number of nitrogens with one attached hydrogen (secondary N) is 1. The zero-order valence-corrected chi connectivity index (χ0v) is 15.8. The molecule has 1 atom stereocenters. The van der Waals surface area contributed by atoms with Crippen LogP contribution in [0.15, 0.2) is 40.6 Å². The van der Waals surface area contributed by atoms with Gasteiger partial charge >= 0.3 is 0 Å². The summed E-state index contributed by atoms with van der Waals surface area (Å²) in [5.41, 5.74) is 1.42. The Morgan fingerprint density at radius 1 is 1.31 bits per heavy atom. The third-order valence-corrected chi connectivity index (χ3v) is 7.35. The second-order valence-corrected chi connectivity index (χ2v) is 9.53. The molecule has 2 aliphatic rings. The van der Waals surface area contributed by atoms with Crippen molar-refractivity contribution < 1.29 is 17.9 Å². The van der Waals surface area contributed by atoms with Gasteiger partial charge in [-0.1, -0.05) is 6.07 Å². The number of hydrogen-bond donors (Lipinski definition) is 1. The van der Waals surface area contributed by atoms with Crippen molar-refractivity contribution in [2.24, 2.45) is 0 Å². The summed E-state index contributed by atoms with van der Waals surface area (Å²) < 4.78 is 33.8. The number of nitrogens with zero attached hydrogens (tertiary/aromatic N) is 1. The van der Waals surface area contributed by atoms with Gasteiger partial charge in [-0.15, -0.1) is 11.3 Å². The number of carbonyl (C=O) groups excluding carboxylic acids is 1. The van der Waals surface area contributed by atoms with Crippen LogP contribution in [0.4, 0.5) is 5.69 Å². The maximum atomic E-state index is 13.3. The van der Waals surface area contributed by atoms with E-state index in [0.717, 1.165) is 23.3 Å². The molecule has 26 heavy (non-hydrogen) atoms. The Morgan fingerprint density at radius 2 is 2.19 bits per heavy atom. The van der Waals surface area contributed by atoms with Gasteiger partial charge in [0.05, 0.1) is 17.4 Å². The average Bonchev–Trinajstić information content (AvgIpc) is 3.34. The molecule has 4 rings (SSSR count). The van der Waals surface area contributed by atoms with E-state index in [1.54, 1.807) is 18.2 Å². The molecule has 1 saturated heterocycles. The predicted molar refractivity (Wildman–Crippen MR) is 99.7 cm³/mol. The second kappa shape index (κ2) is 7.11. The summed E-state index contributed by atoms with van der Waals surface area (Å²) >= 11 is 1.54. The second-order valence-electron chi connectivity index (χ2n) is 6.56. The maximum Gasteiger partial charge on any atom is 0.243 e. The Morgan fingerprint density at radius 3 is 2.92 bits per heavy atom. The van der Waals surface area contributed by atoms with Gasteiger partial charge in [-0.3, -0.25) is 4.79 Å². The first kappa shape index (κ1) is 17.7. The van der Waals surface area contributed by atoms with Crippen molar-refractivity contribution >= 4 is 33.0 Å². The van der Waals surface area contributed by atoms with Crippen molar-refractivity contribution in [3.05, 3.63) is 46.2 Å². The van der Waals surface area contributed by atoms with E-state index in [9.17, 15) is 13.2 Å². The lowest BCUT2D eigenvalue weighted by Gasteiger charge is -2.24. The van der Waals surface area contributed by atoms with Gasteiger partial charge in [0.25, 0.3) is 0 Å². The van der Waals surface area contributed by atoms with E-state index in [1.165, 1.54) is 15.6 Å². The number of amides is 1. The van der Waals surface area contributed by atoms with Gasteiger partial charge in [-0.05, 0) is 48.1 Å². The molecular weight excluding hydrogens is 372 g/mol. The highest BCUT2D eigenvalue weighted by Crippen LogP contribution is 2.29. The van der Waals surface area contributed by atoms with Crippen LogP contribution in [0.2, 0.25) is 0 Å². The topological polar surface area (TPSA) is 75.7 Å². The first-order valence-corrected chi connectivity index (χ1v) is 10.9. The van der Waals surface area contributed by atoms with Crippen molar-refractivity contribution in [3.8, 4) is 0 Å². The van der Waals surface area contributed by atoms with E-state index in [4.69, 9.17) is 4.74 Å². The highest BCUT2D eigenvalue weighted by molar-refractivity contribution is 7.89. The Balaban J connectivity index is 1.64. The number of hydrogen-bond acceptors (Lipinski definition) is 5. The Bertz CT molecular complexity index is 903. The molecule has 0 spiro atoms. The van der Waals surface area contributed by atoms with E-state index < -0.39 is 10.0 Å². The number of carbonyl (C=O) groups is 1. The van der Waals surface area contributed by atoms with Crippen LogP contribution in [-0.4, -0.2) is 37.9 Å². The number of benzene rings is 1. The Labute approximate surface area is 156 Å². The van der Waals surface area contributed by atoms with E-state index in [2.05, 4.69) is 5.32 Å². The summed E-state index contributed by atoms with van der Waals surface area (Å²) in [5, 5.41) is 4.68. The van der Waals surface area contributed by atoms with E-state index >= 15 is 0 Å². The number of sulfonamides is 1. The highest BCUT2D eigenvalue weighted by Gasteiger charge is 2.31. The Hall–Kier alpha value is -1.74. The summed E-state index contributed by atoms with van der Waals surface area (Å²) in [5.74, 6) is -0.107. The van der Waals surface area contributed by atoms with Gasteiger partial charge in [0.1, 0.15) is 0 Å². The monoisotopic (exact) mass is 392 g/mol. The van der Waals surface area contributed by atoms with E-state index in [0.29, 0.717) is 25.4 Å². The molecule has 1 N–H and O–H groups in total. The molecule has 0 aliphatic carbocycles. The zero-order valence-electron chi connectivity index (χ0n) is 14.2. The number of thiophene rings is 1. The molecule has 2 aliphatic heterocycles. The van der Waals surface area contributed by atoms with Gasteiger partial charge < -0.3 is 10.1 Å². The lowest BCUT2D eigenvalue weighted by molar-refractivity contribution is -0.115. The minimum Gasteiger partial charge on any atom is -0.377 e. The average molecular weight is 393 g/mol. The predicted octanol–water partition coefficient (Wildman–Crippen LogP) is 2.61. The van der Waals surface area contributed by atoms with E-state index in [-0.39, 0.29) is 23.3 Å². The first-order valence-electron chi connectivity index (χ1n) is 8.59. The summed E-state index contributed by atoms with van der Waals surface area (Å²) in [6, 6.07) is 8.70. The SMILES string of the molecule is O=C1Cc2cc(S(=O)(=O)N(Cc3cccs3)CC3CCCO3)ccc2N1. The molecule has 3 heterocycles. The molecule has 6 nitrogen and oxygen atoms in total. The van der Waals surface area contributed by atoms with Crippen LogP contribution < -0.4 is 5.32 Å². The molecular formula is C18H20N2O4S2. The third-order valence-electron chi connectivity index (χ3n) is 4.68.